The van der Waals surface area contributed by atoms with Crippen LogP contribution in [0.5, 0.6) is 0 Å². The average Bonchev–Trinajstić information content (AvgIpc) is 3.39. The molecule has 2 aromatic carbocycles. The van der Waals surface area contributed by atoms with E-state index in [0.717, 1.165) is 30.5 Å². The number of nitrogens with zero attached hydrogens (tertiary/aromatic N) is 1. The number of nitrogens with one attached hydrogen (secondary N) is 2. The van der Waals surface area contributed by atoms with Gasteiger partial charge in [-0.25, -0.2) is 0 Å². The molecule has 0 unspecified atom stereocenters. The van der Waals surface area contributed by atoms with Crippen LogP contribution in [-0.4, -0.2) is 28.5 Å². The van der Waals surface area contributed by atoms with Crippen LogP contribution in [0.1, 0.15) is 54.1 Å². The van der Waals surface area contributed by atoms with Crippen LogP contribution in [0.15, 0.2) is 78.2 Å². The van der Waals surface area contributed by atoms with E-state index in [2.05, 4.69) is 33.0 Å². The van der Waals surface area contributed by atoms with Gasteiger partial charge in [0.15, 0.2) is 5.11 Å². The predicted octanol–water partition coefficient (Wildman–Crippen LogP) is 5.66. The molecule has 1 fully saturated rings. The summed E-state index contributed by atoms with van der Waals surface area (Å²) in [7, 11) is 0. The molecule has 1 aliphatic rings. The minimum absolute atomic E-state index is 0.0743. The van der Waals surface area contributed by atoms with Gasteiger partial charge in [0.2, 0.25) is 5.91 Å². The number of amides is 1. The molecule has 33 heavy (non-hydrogen) atoms. The van der Waals surface area contributed by atoms with Crippen molar-refractivity contribution in [2.75, 3.05) is 6.54 Å². The first-order chi connectivity index (χ1) is 16.2. The maximum atomic E-state index is 13.0. The first-order valence-electron chi connectivity index (χ1n) is 11.7. The molecule has 0 radical (unpaired) electrons. The zero-order valence-corrected chi connectivity index (χ0v) is 20.4. The first kappa shape index (κ1) is 23.5. The number of hydrogen-bond acceptors (Lipinski definition) is 3. The van der Waals surface area contributed by atoms with Crippen LogP contribution in [0, 0.1) is 0 Å². The van der Waals surface area contributed by atoms with Gasteiger partial charge in [-0.1, -0.05) is 86.0 Å². The topological polar surface area (TPSA) is 44.4 Å². The standard InChI is InChI=1S/C27H31N3OS2/c31-25(29-26(21-11-4-1-5-12-21)22-13-6-2-7-14-22)19-28-27(32)30(20-24-17-10-18-33-24)23-15-8-3-9-16-23/h1-2,4-7,10-14,17-18,23,26H,3,8-9,15-16,19-20H2,(H,28,32)(H,29,31). The third-order valence-electron chi connectivity index (χ3n) is 6.15. The smallest absolute Gasteiger partial charge is 0.240 e. The van der Waals surface area contributed by atoms with Crippen LogP contribution in [0.4, 0.5) is 0 Å². The number of hydrogen-bond donors (Lipinski definition) is 2. The van der Waals surface area contributed by atoms with Crippen LogP contribution in [0.2, 0.25) is 0 Å². The lowest BCUT2D eigenvalue weighted by Crippen LogP contribution is -2.48. The van der Waals surface area contributed by atoms with Crippen molar-refractivity contribution in [1.82, 2.24) is 15.5 Å². The first-order valence-corrected chi connectivity index (χ1v) is 13.0. The number of rotatable bonds is 8. The summed E-state index contributed by atoms with van der Waals surface area (Å²) >= 11 is 7.54. The lowest BCUT2D eigenvalue weighted by atomic mass is 9.94. The van der Waals surface area contributed by atoms with Crippen molar-refractivity contribution >= 4 is 34.6 Å². The number of thiocarbonyl (C=S) groups is 1. The Balaban J connectivity index is 1.40. The van der Waals surface area contributed by atoms with Gasteiger partial charge in [0.05, 0.1) is 19.1 Å². The van der Waals surface area contributed by atoms with E-state index < -0.39 is 0 Å². The summed E-state index contributed by atoms with van der Waals surface area (Å²) in [5, 5.41) is 9.21. The molecule has 1 amide bonds. The van der Waals surface area contributed by atoms with Crippen molar-refractivity contribution in [3.8, 4) is 0 Å². The molecule has 0 bridgehead atoms. The Kier molecular flexibility index (Phi) is 8.50. The molecule has 6 heteroatoms. The summed E-state index contributed by atoms with van der Waals surface area (Å²) in [4.78, 5) is 16.6. The van der Waals surface area contributed by atoms with Crippen LogP contribution in [-0.2, 0) is 11.3 Å². The molecular formula is C27H31N3OS2. The molecule has 172 valence electrons. The van der Waals surface area contributed by atoms with E-state index in [1.54, 1.807) is 11.3 Å². The molecule has 1 aromatic heterocycles. The Morgan fingerprint density at radius 3 is 2.15 bits per heavy atom. The van der Waals surface area contributed by atoms with E-state index in [1.807, 2.05) is 60.7 Å². The van der Waals surface area contributed by atoms with Gasteiger partial charge >= 0.3 is 0 Å². The molecule has 0 saturated heterocycles. The molecule has 4 nitrogen and oxygen atoms in total. The fraction of sp³-hybridized carbons (Fsp3) is 0.333. The highest BCUT2D eigenvalue weighted by atomic mass is 32.1. The van der Waals surface area contributed by atoms with Gasteiger partial charge in [-0.15, -0.1) is 11.3 Å². The van der Waals surface area contributed by atoms with Crippen molar-refractivity contribution in [2.45, 2.75) is 50.7 Å². The number of thiophene rings is 1. The fourth-order valence-electron chi connectivity index (χ4n) is 4.45. The second-order valence-electron chi connectivity index (χ2n) is 8.48. The van der Waals surface area contributed by atoms with Gasteiger partial charge in [-0.3, -0.25) is 4.79 Å². The zero-order valence-electron chi connectivity index (χ0n) is 18.8. The Hall–Kier alpha value is -2.70. The third kappa shape index (κ3) is 6.65. The van der Waals surface area contributed by atoms with Crippen molar-refractivity contribution in [3.63, 3.8) is 0 Å². The molecule has 4 rings (SSSR count). The summed E-state index contributed by atoms with van der Waals surface area (Å²) in [5.41, 5.74) is 2.11. The summed E-state index contributed by atoms with van der Waals surface area (Å²) in [6.45, 7) is 0.953. The van der Waals surface area contributed by atoms with Crippen molar-refractivity contribution in [2.24, 2.45) is 0 Å². The lowest BCUT2D eigenvalue weighted by Gasteiger charge is -2.36. The molecule has 3 aromatic rings. The average molecular weight is 478 g/mol. The second kappa shape index (κ2) is 12.0. The Labute approximate surface area is 206 Å². The maximum Gasteiger partial charge on any atom is 0.240 e. The molecule has 1 saturated carbocycles. The molecule has 0 atom stereocenters. The molecule has 1 aliphatic carbocycles. The van der Waals surface area contributed by atoms with Gasteiger partial charge in [0.1, 0.15) is 0 Å². The van der Waals surface area contributed by atoms with Gasteiger partial charge in [0, 0.05) is 10.9 Å². The van der Waals surface area contributed by atoms with Gasteiger partial charge in [0.25, 0.3) is 0 Å². The summed E-state index contributed by atoms with van der Waals surface area (Å²) in [6.07, 6.45) is 6.09. The Morgan fingerprint density at radius 2 is 1.58 bits per heavy atom. The molecule has 0 aliphatic heterocycles. The van der Waals surface area contributed by atoms with E-state index in [1.165, 1.54) is 24.1 Å². The van der Waals surface area contributed by atoms with Crippen molar-refractivity contribution < 1.29 is 4.79 Å². The van der Waals surface area contributed by atoms with Crippen LogP contribution in [0.3, 0.4) is 0 Å². The maximum absolute atomic E-state index is 13.0. The monoisotopic (exact) mass is 477 g/mol. The zero-order chi connectivity index (χ0) is 22.9. The minimum Gasteiger partial charge on any atom is -0.353 e. The van der Waals surface area contributed by atoms with Crippen molar-refractivity contribution in [3.05, 3.63) is 94.2 Å². The summed E-state index contributed by atoms with van der Waals surface area (Å²) < 4.78 is 0. The van der Waals surface area contributed by atoms with Crippen molar-refractivity contribution in [1.29, 1.82) is 0 Å². The molecular weight excluding hydrogens is 446 g/mol. The molecule has 0 spiro atoms. The summed E-state index contributed by atoms with van der Waals surface area (Å²) in [5.74, 6) is -0.0743. The van der Waals surface area contributed by atoms with Gasteiger partial charge < -0.3 is 15.5 Å². The number of benzene rings is 2. The minimum atomic E-state index is -0.198. The Bertz CT molecular complexity index is 963. The normalized spacial score (nSPS) is 14.1. The third-order valence-corrected chi connectivity index (χ3v) is 7.39. The SMILES string of the molecule is O=C(CNC(=S)N(Cc1cccs1)C1CCCCC1)NC(c1ccccc1)c1ccccc1. The second-order valence-corrected chi connectivity index (χ2v) is 9.90. The van der Waals surface area contributed by atoms with Crippen LogP contribution in [0.25, 0.3) is 0 Å². The highest BCUT2D eigenvalue weighted by molar-refractivity contribution is 7.80. The predicted molar refractivity (Wildman–Crippen MR) is 140 cm³/mol. The highest BCUT2D eigenvalue weighted by Gasteiger charge is 2.24. The van der Waals surface area contributed by atoms with E-state index in [9.17, 15) is 4.79 Å². The van der Waals surface area contributed by atoms with E-state index in [-0.39, 0.29) is 18.5 Å². The highest BCUT2D eigenvalue weighted by Crippen LogP contribution is 2.25. The van der Waals surface area contributed by atoms with Gasteiger partial charge in [-0.2, -0.15) is 0 Å². The van der Waals surface area contributed by atoms with Crippen LogP contribution >= 0.6 is 23.6 Å². The van der Waals surface area contributed by atoms with E-state index in [4.69, 9.17) is 12.2 Å². The fourth-order valence-corrected chi connectivity index (χ4v) is 5.44. The molecule has 2 N–H and O–H groups in total. The largest absolute Gasteiger partial charge is 0.353 e. The van der Waals surface area contributed by atoms with E-state index in [0.29, 0.717) is 11.2 Å². The lowest BCUT2D eigenvalue weighted by molar-refractivity contribution is -0.120. The quantitative estimate of drug-likeness (QED) is 0.411. The number of carbonyl (C=O) groups excluding carboxylic acids is 1. The van der Waals surface area contributed by atoms with Gasteiger partial charge in [-0.05, 0) is 47.6 Å². The summed E-state index contributed by atoms with van der Waals surface area (Å²) in [6, 6.07) is 24.6. The van der Waals surface area contributed by atoms with E-state index >= 15 is 0 Å². The number of carbonyl (C=O) groups is 1. The Morgan fingerprint density at radius 1 is 0.939 bits per heavy atom. The molecule has 1 heterocycles. The van der Waals surface area contributed by atoms with Crippen LogP contribution < -0.4 is 10.6 Å².